The van der Waals surface area contributed by atoms with Gasteiger partial charge in [-0.1, -0.05) is 92.5 Å². The Morgan fingerprint density at radius 3 is 2.53 bits per heavy atom. The van der Waals surface area contributed by atoms with Gasteiger partial charge in [-0.2, -0.15) is 12.6 Å². The third kappa shape index (κ3) is 6.11. The Hall–Kier alpha value is -2.83. The molecule has 0 amide bonds. The van der Waals surface area contributed by atoms with Crippen molar-refractivity contribution in [3.8, 4) is 5.75 Å². The minimum atomic E-state index is -0.110. The van der Waals surface area contributed by atoms with Gasteiger partial charge >= 0.3 is 0 Å². The number of methoxy groups -OCH3 is 1. The third-order valence-corrected chi connectivity index (χ3v) is 7.74. The van der Waals surface area contributed by atoms with E-state index in [4.69, 9.17) is 4.74 Å². The molecule has 4 rings (SSSR count). The summed E-state index contributed by atoms with van der Waals surface area (Å²) in [6, 6.07) is 4.13. The van der Waals surface area contributed by atoms with Crippen molar-refractivity contribution in [2.75, 3.05) is 19.4 Å². The van der Waals surface area contributed by atoms with Gasteiger partial charge < -0.3 is 9.64 Å². The molecule has 1 aliphatic heterocycles. The van der Waals surface area contributed by atoms with Crippen LogP contribution < -0.4 is 15.2 Å². The number of thiol groups is 1. The molecule has 188 valence electrons. The molecule has 0 bridgehead atoms. The number of allylic oxidation sites excluding steroid dienone is 6. The molecule has 1 unspecified atom stereocenters. The van der Waals surface area contributed by atoms with E-state index in [-0.39, 0.29) is 5.54 Å². The van der Waals surface area contributed by atoms with Crippen molar-refractivity contribution in [3.63, 3.8) is 0 Å². The smallest absolute Gasteiger partial charge is 0.135 e. The van der Waals surface area contributed by atoms with Gasteiger partial charge in [0.05, 0.1) is 17.9 Å². The van der Waals surface area contributed by atoms with Crippen molar-refractivity contribution in [2.24, 2.45) is 0 Å². The summed E-state index contributed by atoms with van der Waals surface area (Å²) < 4.78 is 5.53. The number of ether oxygens (including phenoxy) is 1. The molecule has 0 radical (unpaired) electrons. The van der Waals surface area contributed by atoms with Gasteiger partial charge in [0.2, 0.25) is 0 Å². The molecule has 0 fully saturated rings. The lowest BCUT2D eigenvalue weighted by molar-refractivity contribution is 0.245. The summed E-state index contributed by atoms with van der Waals surface area (Å²) in [6.45, 7) is 3.43. The standard InChI is InChI=1S/C33H39NOS/c1-33-23-12-11-17-31(33)28(22-25-34(33)24-13-7-5-3-4-6-8-14-26-36)19-18-27-20-21-32(35-2)30-16-10-9-15-29(27)30/h9,11-12,15,17-23,25,36H,3-8,13-14,24,26H2,1-2H3/b19-18+. The van der Waals surface area contributed by atoms with Crippen molar-refractivity contribution >= 4 is 30.5 Å². The van der Waals surface area contributed by atoms with Gasteiger partial charge in [0.25, 0.3) is 0 Å². The first-order valence-electron chi connectivity index (χ1n) is 13.4. The summed E-state index contributed by atoms with van der Waals surface area (Å²) >= 11 is 4.30. The molecule has 0 saturated carbocycles. The number of fused-ring (bicyclic) bond motifs is 2. The van der Waals surface area contributed by atoms with Gasteiger partial charge in [0.1, 0.15) is 5.75 Å². The van der Waals surface area contributed by atoms with Gasteiger partial charge in [0, 0.05) is 18.0 Å². The maximum absolute atomic E-state index is 5.53. The number of unbranched alkanes of at least 4 members (excludes halogenated alkanes) is 7. The van der Waals surface area contributed by atoms with Crippen molar-refractivity contribution < 1.29 is 4.74 Å². The highest BCUT2D eigenvalue weighted by atomic mass is 32.1. The molecule has 0 N–H and O–H groups in total. The van der Waals surface area contributed by atoms with Gasteiger partial charge in [-0.3, -0.25) is 0 Å². The highest BCUT2D eigenvalue weighted by Gasteiger charge is 2.34. The predicted molar refractivity (Wildman–Crippen MR) is 158 cm³/mol. The van der Waals surface area contributed by atoms with E-state index >= 15 is 0 Å². The van der Waals surface area contributed by atoms with Crippen LogP contribution in [0.25, 0.3) is 17.9 Å². The fourth-order valence-corrected chi connectivity index (χ4v) is 5.50. The number of hydrogen-bond acceptors (Lipinski definition) is 3. The van der Waals surface area contributed by atoms with E-state index in [9.17, 15) is 0 Å². The molecule has 1 atom stereocenters. The van der Waals surface area contributed by atoms with Crippen LogP contribution in [0.5, 0.6) is 5.75 Å². The average Bonchev–Trinajstić information content (AvgIpc) is 2.91. The quantitative estimate of drug-likeness (QED) is 0.186. The Balaban J connectivity index is 1.43. The summed E-state index contributed by atoms with van der Waals surface area (Å²) in [7, 11) is 1.70. The van der Waals surface area contributed by atoms with E-state index in [0.717, 1.165) is 34.0 Å². The second-order valence-corrected chi connectivity index (χ2v) is 10.3. The number of nitrogens with zero attached hydrogens (tertiary/aromatic N) is 1. The van der Waals surface area contributed by atoms with Crippen LogP contribution in [0.15, 0.2) is 77.7 Å². The van der Waals surface area contributed by atoms with Gasteiger partial charge in [-0.05, 0) is 66.5 Å². The maximum atomic E-state index is 5.53. The van der Waals surface area contributed by atoms with Gasteiger partial charge in [-0.25, -0.2) is 0 Å². The van der Waals surface area contributed by atoms with E-state index in [2.05, 4.69) is 96.8 Å². The molecule has 2 nitrogen and oxygen atoms in total. The molecule has 0 saturated heterocycles. The summed E-state index contributed by atoms with van der Waals surface area (Å²) in [6.07, 6.45) is 32.5. The first kappa shape index (κ1) is 26.2. The van der Waals surface area contributed by atoms with Crippen LogP contribution in [0, 0.1) is 0 Å². The first-order chi connectivity index (χ1) is 17.7. The summed E-state index contributed by atoms with van der Waals surface area (Å²) in [4.78, 5) is 2.51. The van der Waals surface area contributed by atoms with E-state index in [0.29, 0.717) is 0 Å². The van der Waals surface area contributed by atoms with Crippen LogP contribution in [0.4, 0.5) is 0 Å². The molecule has 1 heterocycles. The minimum absolute atomic E-state index is 0.110. The first-order valence-corrected chi connectivity index (χ1v) is 14.0. The topological polar surface area (TPSA) is 12.5 Å². The van der Waals surface area contributed by atoms with Crippen LogP contribution in [0.1, 0.15) is 63.9 Å². The number of rotatable bonds is 13. The molecule has 1 aromatic carbocycles. The number of hydrogen-bond donors (Lipinski definition) is 1. The largest absolute Gasteiger partial charge is 0.495 e. The molecule has 2 aliphatic carbocycles. The normalized spacial score (nSPS) is 19.5. The molecule has 36 heavy (non-hydrogen) atoms. The monoisotopic (exact) mass is 497 g/mol. The van der Waals surface area contributed by atoms with Crippen LogP contribution >= 0.6 is 12.6 Å². The molecule has 1 aromatic rings. The minimum Gasteiger partial charge on any atom is -0.495 e. The fraction of sp³-hybridized carbons (Fsp3) is 0.394. The fourth-order valence-electron chi connectivity index (χ4n) is 5.27. The zero-order chi connectivity index (χ0) is 25.2. The van der Waals surface area contributed by atoms with Crippen LogP contribution in [0.2, 0.25) is 0 Å². The molecule has 3 heteroatoms. The van der Waals surface area contributed by atoms with Crippen molar-refractivity contribution in [1.29, 1.82) is 0 Å². The Bertz CT molecular complexity index is 1280. The van der Waals surface area contributed by atoms with E-state index in [1.165, 1.54) is 62.5 Å². The lowest BCUT2D eigenvalue weighted by atomic mass is 9.80. The van der Waals surface area contributed by atoms with Crippen LogP contribution in [-0.2, 0) is 0 Å². The average molecular weight is 498 g/mol. The second kappa shape index (κ2) is 12.9. The SMILES string of the molecule is COc1ccc(/C=C/C2=C3C=CC=CC3(C)N(CCCCCCCCCCS)C=C2)c2c1=C=C=CC=2. The molecule has 0 aromatic heterocycles. The van der Waals surface area contributed by atoms with Crippen molar-refractivity contribution in [2.45, 2.75) is 63.8 Å². The van der Waals surface area contributed by atoms with Crippen LogP contribution in [0.3, 0.4) is 0 Å². The van der Waals surface area contributed by atoms with Crippen molar-refractivity contribution in [3.05, 3.63) is 93.7 Å². The lowest BCUT2D eigenvalue weighted by Gasteiger charge is -2.44. The molecule has 0 spiro atoms. The summed E-state index contributed by atoms with van der Waals surface area (Å²) in [5, 5.41) is 2.09. The summed E-state index contributed by atoms with van der Waals surface area (Å²) in [5.41, 5.74) is 9.92. The Kier molecular flexibility index (Phi) is 9.42. The Morgan fingerprint density at radius 1 is 0.972 bits per heavy atom. The zero-order valence-corrected chi connectivity index (χ0v) is 22.7. The van der Waals surface area contributed by atoms with E-state index in [1.807, 2.05) is 12.1 Å². The van der Waals surface area contributed by atoms with Crippen molar-refractivity contribution in [1.82, 2.24) is 4.90 Å². The molecular formula is C33H39NOS. The predicted octanol–water partition coefficient (Wildman–Crippen LogP) is 6.65. The van der Waals surface area contributed by atoms with Gasteiger partial charge in [-0.15, -0.1) is 0 Å². The lowest BCUT2D eigenvalue weighted by Crippen LogP contribution is -2.45. The zero-order valence-electron chi connectivity index (χ0n) is 21.8. The maximum Gasteiger partial charge on any atom is 0.135 e. The highest BCUT2D eigenvalue weighted by molar-refractivity contribution is 7.80. The number of benzene rings is 1. The van der Waals surface area contributed by atoms with Gasteiger partial charge in [0.15, 0.2) is 0 Å². The summed E-state index contributed by atoms with van der Waals surface area (Å²) in [5.74, 6) is 1.85. The third-order valence-electron chi connectivity index (χ3n) is 7.42. The molecule has 3 aliphatic rings. The Labute approximate surface area is 222 Å². The van der Waals surface area contributed by atoms with E-state index < -0.39 is 0 Å². The Morgan fingerprint density at radius 2 is 1.75 bits per heavy atom. The van der Waals surface area contributed by atoms with E-state index in [1.54, 1.807) is 7.11 Å². The molecular weight excluding hydrogens is 458 g/mol. The highest BCUT2D eigenvalue weighted by Crippen LogP contribution is 2.37. The van der Waals surface area contributed by atoms with Crippen LogP contribution in [-0.4, -0.2) is 29.8 Å². The second-order valence-electron chi connectivity index (χ2n) is 9.88.